The molecule has 1 aliphatic heterocycles. The normalized spacial score (nSPS) is 15.0. The highest BCUT2D eigenvalue weighted by molar-refractivity contribution is 5.87. The molecule has 4 aromatic rings. The van der Waals surface area contributed by atoms with Crippen LogP contribution < -0.4 is 15.5 Å². The van der Waals surface area contributed by atoms with Crippen LogP contribution in [0.1, 0.15) is 34.4 Å². The van der Waals surface area contributed by atoms with Crippen LogP contribution >= 0.6 is 0 Å². The van der Waals surface area contributed by atoms with Crippen LogP contribution in [0, 0.1) is 18.3 Å². The van der Waals surface area contributed by atoms with Crippen molar-refractivity contribution in [3.05, 3.63) is 76.7 Å². The van der Waals surface area contributed by atoms with Crippen molar-refractivity contribution in [2.24, 2.45) is 0 Å². The quantitative estimate of drug-likeness (QED) is 0.317. The van der Waals surface area contributed by atoms with Gasteiger partial charge in [0.25, 0.3) is 0 Å². The number of nitrogens with one attached hydrogen (secondary N) is 3. The zero-order valence-corrected chi connectivity index (χ0v) is 21.2. The molecule has 188 valence electrons. The van der Waals surface area contributed by atoms with E-state index in [1.165, 1.54) is 33.3 Å². The third kappa shape index (κ3) is 4.49. The fourth-order valence-corrected chi connectivity index (χ4v) is 5.70. The van der Waals surface area contributed by atoms with Gasteiger partial charge in [0.2, 0.25) is 0 Å². The fraction of sp³-hybridized carbons (Fsp3) is 0.333. The minimum Gasteiger partial charge on any atom is -0.384 e. The molecule has 2 aromatic carbocycles. The minimum absolute atomic E-state index is 0.659. The average molecular weight is 493 g/mol. The number of fused-ring (bicyclic) bond motifs is 2. The number of nitriles is 1. The monoisotopic (exact) mass is 492 g/mol. The van der Waals surface area contributed by atoms with Gasteiger partial charge in [0.1, 0.15) is 11.6 Å². The van der Waals surface area contributed by atoms with Crippen LogP contribution in [0.5, 0.6) is 0 Å². The van der Waals surface area contributed by atoms with Gasteiger partial charge < -0.3 is 25.3 Å². The second kappa shape index (κ2) is 10.2. The smallest absolute Gasteiger partial charge is 0.104 e. The van der Waals surface area contributed by atoms with E-state index in [9.17, 15) is 5.26 Å². The summed E-state index contributed by atoms with van der Waals surface area (Å²) < 4.78 is 5.62. The van der Waals surface area contributed by atoms with Gasteiger partial charge >= 0.3 is 0 Å². The van der Waals surface area contributed by atoms with Crippen LogP contribution in [0.15, 0.2) is 48.8 Å². The summed E-state index contributed by atoms with van der Waals surface area (Å²) in [6, 6.07) is 15.1. The summed E-state index contributed by atoms with van der Waals surface area (Å²) in [7, 11) is 0. The van der Waals surface area contributed by atoms with Crippen LogP contribution in [0.4, 0.5) is 22.7 Å². The third-order valence-corrected chi connectivity index (χ3v) is 7.59. The summed E-state index contributed by atoms with van der Waals surface area (Å²) >= 11 is 0. The maximum atomic E-state index is 10.3. The van der Waals surface area contributed by atoms with Crippen LogP contribution in [0.2, 0.25) is 0 Å². The van der Waals surface area contributed by atoms with Crippen molar-refractivity contribution < 1.29 is 4.74 Å². The predicted molar refractivity (Wildman–Crippen MR) is 149 cm³/mol. The zero-order chi connectivity index (χ0) is 25.2. The standard InChI is InChI=1S/C30H32N6O/c1-20-4-2-5-22-21(19-34-29(20)22)10-12-32-26-8-9-28(30(24(26)18-31)36-14-16-37-17-15-36)35-27-11-13-33-25-7-3-6-23(25)27/h2,4-5,8-9,11,13,19,32,34H,3,6-7,10,12,14-17H2,1H3,(H,33,35). The number of hydrogen-bond acceptors (Lipinski definition) is 6. The van der Waals surface area contributed by atoms with Gasteiger partial charge in [-0.2, -0.15) is 5.26 Å². The lowest BCUT2D eigenvalue weighted by atomic mass is 10.1. The summed E-state index contributed by atoms with van der Waals surface area (Å²) in [5.41, 5.74) is 10.7. The molecule has 1 fully saturated rings. The van der Waals surface area contributed by atoms with Gasteiger partial charge in [0.05, 0.1) is 30.3 Å². The van der Waals surface area contributed by atoms with Gasteiger partial charge in [0, 0.05) is 54.3 Å². The lowest BCUT2D eigenvalue weighted by molar-refractivity contribution is 0.123. The van der Waals surface area contributed by atoms with E-state index >= 15 is 0 Å². The molecular weight excluding hydrogens is 460 g/mol. The van der Waals surface area contributed by atoms with E-state index in [2.05, 4.69) is 69.0 Å². The number of hydrogen-bond donors (Lipinski definition) is 3. The molecule has 1 saturated heterocycles. The first kappa shape index (κ1) is 23.4. The molecule has 2 aliphatic rings. The van der Waals surface area contributed by atoms with Gasteiger partial charge in [-0.15, -0.1) is 0 Å². The van der Waals surface area contributed by atoms with Crippen molar-refractivity contribution in [1.82, 2.24) is 9.97 Å². The number of H-pyrrole nitrogens is 1. The number of rotatable bonds is 7. The lowest BCUT2D eigenvalue weighted by Gasteiger charge is -2.32. The first-order valence-corrected chi connectivity index (χ1v) is 13.2. The summed E-state index contributed by atoms with van der Waals surface area (Å²) in [6.07, 6.45) is 8.06. The topological polar surface area (TPSA) is 89.0 Å². The van der Waals surface area contributed by atoms with Crippen molar-refractivity contribution in [3.8, 4) is 6.07 Å². The van der Waals surface area contributed by atoms with Gasteiger partial charge in [0.15, 0.2) is 0 Å². The highest BCUT2D eigenvalue weighted by atomic mass is 16.5. The molecule has 6 rings (SSSR count). The molecule has 7 nitrogen and oxygen atoms in total. The number of para-hydroxylation sites is 1. The van der Waals surface area contributed by atoms with E-state index in [-0.39, 0.29) is 0 Å². The average Bonchev–Trinajstić information content (AvgIpc) is 3.58. The lowest BCUT2D eigenvalue weighted by Crippen LogP contribution is -2.37. The first-order valence-electron chi connectivity index (χ1n) is 13.2. The van der Waals surface area contributed by atoms with Gasteiger partial charge in [-0.25, -0.2) is 0 Å². The van der Waals surface area contributed by atoms with E-state index < -0.39 is 0 Å². The van der Waals surface area contributed by atoms with Crippen molar-refractivity contribution in [2.75, 3.05) is 48.4 Å². The Balaban J connectivity index is 1.29. The van der Waals surface area contributed by atoms with Crippen LogP contribution in [-0.4, -0.2) is 42.8 Å². The number of pyridine rings is 1. The third-order valence-electron chi connectivity index (χ3n) is 7.59. The van der Waals surface area contributed by atoms with E-state index in [1.807, 2.05) is 18.3 Å². The number of benzene rings is 2. The largest absolute Gasteiger partial charge is 0.384 e. The number of anilines is 4. The Hall–Kier alpha value is -4.02. The van der Waals surface area contributed by atoms with E-state index in [1.54, 1.807) is 0 Å². The molecule has 0 unspecified atom stereocenters. The van der Waals surface area contributed by atoms with Crippen molar-refractivity contribution in [1.29, 1.82) is 5.26 Å². The Labute approximate surface area is 217 Å². The van der Waals surface area contributed by atoms with Crippen molar-refractivity contribution >= 4 is 33.7 Å². The maximum Gasteiger partial charge on any atom is 0.104 e. The molecule has 0 saturated carbocycles. The highest BCUT2D eigenvalue weighted by Crippen LogP contribution is 2.39. The van der Waals surface area contributed by atoms with Gasteiger partial charge in [-0.05, 0) is 67.5 Å². The molecule has 0 bridgehead atoms. The second-order valence-electron chi connectivity index (χ2n) is 9.85. The van der Waals surface area contributed by atoms with E-state index in [0.29, 0.717) is 18.8 Å². The molecule has 37 heavy (non-hydrogen) atoms. The predicted octanol–water partition coefficient (Wildman–Crippen LogP) is 5.47. The fourth-order valence-electron chi connectivity index (χ4n) is 5.70. The molecule has 7 heteroatoms. The van der Waals surface area contributed by atoms with Crippen LogP contribution in [0.3, 0.4) is 0 Å². The Bertz CT molecular complexity index is 1480. The van der Waals surface area contributed by atoms with E-state index in [0.717, 1.165) is 68.1 Å². The maximum absolute atomic E-state index is 10.3. The second-order valence-corrected chi connectivity index (χ2v) is 9.85. The molecular formula is C30H32N6O. The first-order chi connectivity index (χ1) is 18.2. The van der Waals surface area contributed by atoms with Gasteiger partial charge in [-0.1, -0.05) is 18.2 Å². The zero-order valence-electron chi connectivity index (χ0n) is 21.2. The van der Waals surface area contributed by atoms with Crippen LogP contribution in [0.25, 0.3) is 10.9 Å². The van der Waals surface area contributed by atoms with E-state index in [4.69, 9.17) is 4.74 Å². The summed E-state index contributed by atoms with van der Waals surface area (Å²) in [4.78, 5) is 10.3. The molecule has 1 aliphatic carbocycles. The summed E-state index contributed by atoms with van der Waals surface area (Å²) in [5.74, 6) is 0. The number of aromatic nitrogens is 2. The number of aryl methyl sites for hydroxylation is 2. The highest BCUT2D eigenvalue weighted by Gasteiger charge is 2.23. The molecule has 0 radical (unpaired) electrons. The molecule has 0 spiro atoms. The number of ether oxygens (including phenoxy) is 1. The molecule has 0 atom stereocenters. The SMILES string of the molecule is Cc1cccc2c(CCNc3ccc(Nc4ccnc5c4CCC5)c(N4CCOCC4)c3C#N)c[nH]c12. The Kier molecular flexibility index (Phi) is 6.42. The van der Waals surface area contributed by atoms with Gasteiger partial charge in [-0.3, -0.25) is 4.98 Å². The molecule has 3 heterocycles. The van der Waals surface area contributed by atoms with Crippen molar-refractivity contribution in [2.45, 2.75) is 32.6 Å². The molecule has 0 amide bonds. The Morgan fingerprint density at radius 3 is 2.81 bits per heavy atom. The minimum atomic E-state index is 0.659. The summed E-state index contributed by atoms with van der Waals surface area (Å²) in [6.45, 7) is 5.71. The summed E-state index contributed by atoms with van der Waals surface area (Å²) in [5, 5.41) is 18.8. The van der Waals surface area contributed by atoms with Crippen LogP contribution in [-0.2, 0) is 24.0 Å². The Morgan fingerprint density at radius 2 is 1.95 bits per heavy atom. The number of morpholine rings is 1. The Morgan fingerprint density at radius 1 is 1.08 bits per heavy atom. The number of aromatic amines is 1. The molecule has 2 aromatic heterocycles. The molecule has 3 N–H and O–H groups in total. The number of nitrogens with zero attached hydrogens (tertiary/aromatic N) is 3. The van der Waals surface area contributed by atoms with Crippen molar-refractivity contribution in [3.63, 3.8) is 0 Å².